The van der Waals surface area contributed by atoms with Crippen LogP contribution in [0.2, 0.25) is 0 Å². The van der Waals surface area contributed by atoms with E-state index in [2.05, 4.69) is 20.6 Å². The zero-order valence-electron chi connectivity index (χ0n) is 15.6. The molecule has 3 aromatic rings. The van der Waals surface area contributed by atoms with Gasteiger partial charge in [-0.05, 0) is 43.4 Å². The summed E-state index contributed by atoms with van der Waals surface area (Å²) in [5.74, 6) is 0.341. The molecular weight excluding hydrogens is 377 g/mol. The fourth-order valence-electron chi connectivity index (χ4n) is 3.45. The molecule has 4 rings (SSSR count). The Balaban J connectivity index is 1.52. The lowest BCUT2D eigenvalue weighted by Crippen LogP contribution is -2.34. The predicted octanol–water partition coefficient (Wildman–Crippen LogP) is 4.20. The number of nitrogens with one attached hydrogen (secondary N) is 2. The van der Waals surface area contributed by atoms with Gasteiger partial charge in [0, 0.05) is 24.3 Å². The Morgan fingerprint density at radius 1 is 1.21 bits per heavy atom. The lowest BCUT2D eigenvalue weighted by Gasteiger charge is -2.19. The molecule has 0 aliphatic heterocycles. The molecule has 1 aliphatic carbocycles. The van der Waals surface area contributed by atoms with Gasteiger partial charge in [-0.1, -0.05) is 18.6 Å². The zero-order valence-corrected chi connectivity index (χ0v) is 16.4. The molecule has 1 atom stereocenters. The van der Waals surface area contributed by atoms with Crippen molar-refractivity contribution in [1.82, 2.24) is 19.9 Å². The van der Waals surface area contributed by atoms with Crippen molar-refractivity contribution < 1.29 is 9.18 Å². The first-order chi connectivity index (χ1) is 13.6. The smallest absolute Gasteiger partial charge is 0.321 e. The summed E-state index contributed by atoms with van der Waals surface area (Å²) >= 11 is 1.55. The standard InChI is InChI=1S/C20H22FN5OS/c1-26-12-11-22-18(26)17(13-7-9-14(21)10-8-13)24-19(27)25-20-23-15-5-3-2-4-6-16(15)28-20/h7-12,17H,2-6H2,1H3,(H2,23,24,25,27). The molecule has 1 aliphatic rings. The summed E-state index contributed by atoms with van der Waals surface area (Å²) in [6, 6.07) is 5.20. The Kier molecular flexibility index (Phi) is 5.38. The van der Waals surface area contributed by atoms with Crippen molar-refractivity contribution in [2.24, 2.45) is 7.05 Å². The van der Waals surface area contributed by atoms with Crippen LogP contribution in [0.4, 0.5) is 14.3 Å². The number of rotatable bonds is 4. The Hall–Kier alpha value is -2.74. The minimum absolute atomic E-state index is 0.323. The van der Waals surface area contributed by atoms with E-state index >= 15 is 0 Å². The molecule has 1 unspecified atom stereocenters. The predicted molar refractivity (Wildman–Crippen MR) is 107 cm³/mol. The number of amides is 2. The number of aryl methyl sites for hydroxylation is 3. The van der Waals surface area contributed by atoms with Gasteiger partial charge in [0.25, 0.3) is 0 Å². The second kappa shape index (κ2) is 8.10. The first kappa shape index (κ1) is 18.6. The molecule has 6 nitrogen and oxygen atoms in total. The molecule has 28 heavy (non-hydrogen) atoms. The van der Waals surface area contributed by atoms with Gasteiger partial charge < -0.3 is 9.88 Å². The molecule has 2 N–H and O–H groups in total. The second-order valence-electron chi connectivity index (χ2n) is 6.93. The summed E-state index contributed by atoms with van der Waals surface area (Å²) in [4.78, 5) is 22.9. The lowest BCUT2D eigenvalue weighted by atomic mass is 10.1. The van der Waals surface area contributed by atoms with E-state index in [0.29, 0.717) is 11.0 Å². The molecule has 146 valence electrons. The summed E-state index contributed by atoms with van der Waals surface area (Å²) in [5, 5.41) is 6.42. The quantitative estimate of drug-likeness (QED) is 0.646. The average molecular weight is 399 g/mol. The number of carbonyl (C=O) groups is 1. The van der Waals surface area contributed by atoms with E-state index in [1.54, 1.807) is 29.7 Å². The summed E-state index contributed by atoms with van der Waals surface area (Å²) in [6.45, 7) is 0. The summed E-state index contributed by atoms with van der Waals surface area (Å²) in [5.41, 5.74) is 1.86. The molecule has 0 fully saturated rings. The highest BCUT2D eigenvalue weighted by molar-refractivity contribution is 7.15. The SMILES string of the molecule is Cn1ccnc1C(NC(=O)Nc1nc2c(s1)CCCCC2)c1ccc(F)cc1. The number of carbonyl (C=O) groups excluding carboxylic acids is 1. The molecule has 0 saturated heterocycles. The van der Waals surface area contributed by atoms with Crippen LogP contribution in [0.3, 0.4) is 0 Å². The second-order valence-corrected chi connectivity index (χ2v) is 8.01. The molecule has 8 heteroatoms. The lowest BCUT2D eigenvalue weighted by molar-refractivity contribution is 0.249. The highest BCUT2D eigenvalue weighted by Crippen LogP contribution is 2.29. The van der Waals surface area contributed by atoms with Crippen molar-refractivity contribution in [3.63, 3.8) is 0 Å². The van der Waals surface area contributed by atoms with Crippen LogP contribution >= 0.6 is 11.3 Å². The van der Waals surface area contributed by atoms with Crippen LogP contribution in [0, 0.1) is 5.82 Å². The molecule has 0 spiro atoms. The number of aromatic nitrogens is 3. The van der Waals surface area contributed by atoms with Crippen molar-refractivity contribution in [2.45, 2.75) is 38.1 Å². The van der Waals surface area contributed by atoms with Gasteiger partial charge in [0.1, 0.15) is 17.7 Å². The number of benzene rings is 1. The van der Waals surface area contributed by atoms with Gasteiger partial charge in [-0.15, -0.1) is 11.3 Å². The number of nitrogens with zero attached hydrogens (tertiary/aromatic N) is 3. The molecule has 0 saturated carbocycles. The van der Waals surface area contributed by atoms with E-state index in [1.807, 2.05) is 17.8 Å². The van der Waals surface area contributed by atoms with Crippen LogP contribution in [0.25, 0.3) is 0 Å². The summed E-state index contributed by atoms with van der Waals surface area (Å²) in [7, 11) is 1.86. The van der Waals surface area contributed by atoms with Gasteiger partial charge >= 0.3 is 6.03 Å². The first-order valence-corrected chi connectivity index (χ1v) is 10.2. The minimum Gasteiger partial charge on any atom is -0.336 e. The van der Waals surface area contributed by atoms with Crippen molar-refractivity contribution in [2.75, 3.05) is 5.32 Å². The topological polar surface area (TPSA) is 71.8 Å². The normalized spacial score (nSPS) is 14.8. The molecule has 1 aromatic carbocycles. The number of anilines is 1. The van der Waals surface area contributed by atoms with E-state index in [1.165, 1.54) is 29.9 Å². The monoisotopic (exact) mass is 399 g/mol. The van der Waals surface area contributed by atoms with Crippen molar-refractivity contribution in [3.8, 4) is 0 Å². The summed E-state index contributed by atoms with van der Waals surface area (Å²) < 4.78 is 15.2. The van der Waals surface area contributed by atoms with E-state index in [0.717, 1.165) is 30.5 Å². The number of imidazole rings is 1. The Morgan fingerprint density at radius 3 is 2.75 bits per heavy atom. The molecule has 0 radical (unpaired) electrons. The minimum atomic E-state index is -0.501. The van der Waals surface area contributed by atoms with Crippen LogP contribution in [0.5, 0.6) is 0 Å². The fourth-order valence-corrected chi connectivity index (χ4v) is 4.50. The molecular formula is C20H22FN5OS. The maximum Gasteiger partial charge on any atom is 0.321 e. The van der Waals surface area contributed by atoms with Crippen LogP contribution in [0.15, 0.2) is 36.7 Å². The molecule has 2 amide bonds. The van der Waals surface area contributed by atoms with Crippen LogP contribution < -0.4 is 10.6 Å². The third-order valence-corrected chi connectivity index (χ3v) is 5.98. The average Bonchev–Trinajstić information content (AvgIpc) is 3.20. The Bertz CT molecular complexity index is 942. The number of hydrogen-bond donors (Lipinski definition) is 2. The van der Waals surface area contributed by atoms with E-state index in [4.69, 9.17) is 0 Å². The van der Waals surface area contributed by atoms with Crippen molar-refractivity contribution in [1.29, 1.82) is 0 Å². The van der Waals surface area contributed by atoms with Gasteiger partial charge in [0.15, 0.2) is 5.13 Å². The molecule has 2 heterocycles. The molecule has 2 aromatic heterocycles. The number of halogens is 1. The van der Waals surface area contributed by atoms with Gasteiger partial charge in [0.2, 0.25) is 0 Å². The maximum absolute atomic E-state index is 13.3. The van der Waals surface area contributed by atoms with Gasteiger partial charge in [-0.3, -0.25) is 5.32 Å². The number of urea groups is 1. The van der Waals surface area contributed by atoms with Gasteiger partial charge in [0.05, 0.1) is 5.69 Å². The number of hydrogen-bond acceptors (Lipinski definition) is 4. The largest absolute Gasteiger partial charge is 0.336 e. The van der Waals surface area contributed by atoms with Crippen molar-refractivity contribution in [3.05, 3.63) is 64.4 Å². The third kappa shape index (κ3) is 4.06. The highest BCUT2D eigenvalue weighted by Gasteiger charge is 2.22. The Labute approximate surface area is 166 Å². The number of fused-ring (bicyclic) bond motifs is 1. The van der Waals surface area contributed by atoms with Crippen LogP contribution in [0.1, 0.15) is 47.3 Å². The van der Waals surface area contributed by atoms with E-state index in [-0.39, 0.29) is 11.8 Å². The number of thiazole rings is 1. The first-order valence-electron chi connectivity index (χ1n) is 9.39. The fraction of sp³-hybridized carbons (Fsp3) is 0.350. The van der Waals surface area contributed by atoms with E-state index < -0.39 is 6.04 Å². The highest BCUT2D eigenvalue weighted by atomic mass is 32.1. The zero-order chi connectivity index (χ0) is 19.5. The maximum atomic E-state index is 13.3. The van der Waals surface area contributed by atoms with Crippen LogP contribution in [-0.2, 0) is 19.9 Å². The Morgan fingerprint density at radius 2 is 2.00 bits per heavy atom. The van der Waals surface area contributed by atoms with Crippen LogP contribution in [-0.4, -0.2) is 20.6 Å². The van der Waals surface area contributed by atoms with Gasteiger partial charge in [-0.25, -0.2) is 19.2 Å². The van der Waals surface area contributed by atoms with Crippen molar-refractivity contribution >= 4 is 22.5 Å². The summed E-state index contributed by atoms with van der Waals surface area (Å²) in [6.07, 6.45) is 9.03. The van der Waals surface area contributed by atoms with E-state index in [9.17, 15) is 9.18 Å². The third-order valence-electron chi connectivity index (χ3n) is 4.91. The van der Waals surface area contributed by atoms with Gasteiger partial charge in [-0.2, -0.15) is 0 Å². The molecule has 0 bridgehead atoms.